The summed E-state index contributed by atoms with van der Waals surface area (Å²) < 4.78 is 5.27. The number of imide groups is 1. The molecule has 2 unspecified atom stereocenters. The number of carbonyl (C=O) groups excluding carboxylic acids is 2. The lowest BCUT2D eigenvalue weighted by molar-refractivity contribution is -0.136. The fraction of sp³-hybridized carbons (Fsp3) is 0.273. The number of amides is 2. The van der Waals surface area contributed by atoms with Crippen LogP contribution < -0.4 is 0 Å². The van der Waals surface area contributed by atoms with Gasteiger partial charge in [-0.2, -0.15) is 0 Å². The van der Waals surface area contributed by atoms with E-state index in [0.29, 0.717) is 24.0 Å². The van der Waals surface area contributed by atoms with E-state index in [2.05, 4.69) is 5.92 Å². The summed E-state index contributed by atoms with van der Waals surface area (Å²) in [4.78, 5) is 26.5. The Morgan fingerprint density at radius 3 is 2.44 bits per heavy atom. The molecular formula is C22H21NO4. The lowest BCUT2D eigenvalue weighted by Crippen LogP contribution is -2.52. The van der Waals surface area contributed by atoms with E-state index in [0.717, 1.165) is 4.90 Å². The van der Waals surface area contributed by atoms with Gasteiger partial charge in [0.15, 0.2) is 0 Å². The number of terminal acetylenes is 1. The number of carbonyl (C=O) groups is 2. The molecule has 0 saturated carbocycles. The van der Waals surface area contributed by atoms with E-state index in [1.54, 1.807) is 48.5 Å². The highest BCUT2D eigenvalue weighted by atomic mass is 16.6. The van der Waals surface area contributed by atoms with Gasteiger partial charge in [0, 0.05) is 12.8 Å². The molecule has 5 heteroatoms. The molecule has 3 rings (SSSR count). The zero-order chi connectivity index (χ0) is 19.3. The first-order valence-corrected chi connectivity index (χ1v) is 8.83. The molecule has 1 N–H and O–H groups in total. The van der Waals surface area contributed by atoms with E-state index in [9.17, 15) is 14.7 Å². The molecule has 0 radical (unpaired) electrons. The third-order valence-corrected chi connectivity index (χ3v) is 4.80. The molecule has 5 nitrogen and oxygen atoms in total. The second-order valence-corrected chi connectivity index (χ2v) is 6.44. The number of ether oxygens (including phenoxy) is 1. The first-order valence-electron chi connectivity index (χ1n) is 8.83. The highest BCUT2D eigenvalue weighted by molar-refractivity contribution is 5.94. The fourth-order valence-corrected chi connectivity index (χ4v) is 3.45. The molecule has 27 heavy (non-hydrogen) atoms. The number of cyclic esters (lactones) is 1. The maximum Gasteiger partial charge on any atom is 0.417 e. The van der Waals surface area contributed by atoms with Gasteiger partial charge in [0.2, 0.25) is 5.91 Å². The summed E-state index contributed by atoms with van der Waals surface area (Å²) in [5.41, 5.74) is -0.0917. The van der Waals surface area contributed by atoms with Crippen molar-refractivity contribution in [3.8, 4) is 12.3 Å². The summed E-state index contributed by atoms with van der Waals surface area (Å²) >= 11 is 0. The molecular weight excluding hydrogens is 342 g/mol. The van der Waals surface area contributed by atoms with Gasteiger partial charge in [-0.25, -0.2) is 9.69 Å². The molecule has 0 spiro atoms. The zero-order valence-corrected chi connectivity index (χ0v) is 14.9. The molecule has 2 aromatic carbocycles. The van der Waals surface area contributed by atoms with Gasteiger partial charge in [-0.3, -0.25) is 4.79 Å². The Labute approximate surface area is 158 Å². The molecule has 0 aliphatic carbocycles. The van der Waals surface area contributed by atoms with E-state index in [4.69, 9.17) is 11.2 Å². The van der Waals surface area contributed by atoms with Gasteiger partial charge in [-0.1, -0.05) is 60.7 Å². The minimum atomic E-state index is -1.33. The number of rotatable bonds is 6. The molecule has 1 aliphatic heterocycles. The van der Waals surface area contributed by atoms with Crippen LogP contribution in [0.2, 0.25) is 0 Å². The number of hydrogen-bond donors (Lipinski definition) is 1. The number of aliphatic hydroxyl groups excluding tert-OH is 1. The van der Waals surface area contributed by atoms with Crippen molar-refractivity contribution >= 4 is 12.0 Å². The Bertz CT molecular complexity index is 844. The zero-order valence-electron chi connectivity index (χ0n) is 14.9. The molecule has 1 saturated heterocycles. The smallest absolute Gasteiger partial charge is 0.417 e. The Morgan fingerprint density at radius 1 is 1.19 bits per heavy atom. The van der Waals surface area contributed by atoms with Gasteiger partial charge >= 0.3 is 6.09 Å². The van der Waals surface area contributed by atoms with Gasteiger partial charge in [0.25, 0.3) is 0 Å². The van der Waals surface area contributed by atoms with Crippen LogP contribution in [0, 0.1) is 12.3 Å². The van der Waals surface area contributed by atoms with Crippen LogP contribution in [0.5, 0.6) is 0 Å². The summed E-state index contributed by atoms with van der Waals surface area (Å²) in [6.07, 6.45) is 4.38. The molecule has 1 aliphatic rings. The van der Waals surface area contributed by atoms with E-state index in [1.807, 2.05) is 12.1 Å². The van der Waals surface area contributed by atoms with Crippen LogP contribution in [0.4, 0.5) is 4.79 Å². The lowest BCUT2D eigenvalue weighted by Gasteiger charge is -2.38. The molecule has 1 heterocycles. The average Bonchev–Trinajstić information content (AvgIpc) is 3.07. The van der Waals surface area contributed by atoms with Gasteiger partial charge in [0.05, 0.1) is 0 Å². The number of unbranched alkanes of at least 4 members (excludes halogenated alkanes) is 1. The van der Waals surface area contributed by atoms with E-state index < -0.39 is 23.6 Å². The standard InChI is InChI=1S/C22H21NO4/c1-2-3-6-15-19(24)23-21(26)27-16-22(23,18-13-9-5-10-14-18)20(25)17-11-7-4-8-12-17/h1,4-5,7-14,20,25H,3,6,15-16H2. The monoisotopic (exact) mass is 363 g/mol. The van der Waals surface area contributed by atoms with Crippen LogP contribution in [0.15, 0.2) is 60.7 Å². The molecule has 0 aromatic heterocycles. The highest BCUT2D eigenvalue weighted by Gasteiger charge is 2.56. The molecule has 0 bridgehead atoms. The Hall–Kier alpha value is -3.10. The van der Waals surface area contributed by atoms with Crippen LogP contribution in [-0.4, -0.2) is 28.6 Å². The van der Waals surface area contributed by atoms with E-state index >= 15 is 0 Å². The SMILES string of the molecule is C#CCCCC(=O)N1C(=O)OCC1(c1ccccc1)C(O)c1ccccc1. The lowest BCUT2D eigenvalue weighted by atomic mass is 9.80. The highest BCUT2D eigenvalue weighted by Crippen LogP contribution is 2.45. The summed E-state index contributed by atoms with van der Waals surface area (Å²) in [7, 11) is 0. The van der Waals surface area contributed by atoms with Crippen molar-refractivity contribution in [2.24, 2.45) is 0 Å². The summed E-state index contributed by atoms with van der Waals surface area (Å²) in [6.45, 7) is -0.118. The minimum absolute atomic E-state index is 0.107. The molecule has 1 fully saturated rings. The molecule has 2 amide bonds. The minimum Gasteiger partial charge on any atom is -0.446 e. The molecule has 2 aromatic rings. The van der Waals surface area contributed by atoms with Crippen molar-refractivity contribution in [3.05, 3.63) is 71.8 Å². The van der Waals surface area contributed by atoms with E-state index in [-0.39, 0.29) is 13.0 Å². The first kappa shape index (κ1) is 18.7. The van der Waals surface area contributed by atoms with Crippen molar-refractivity contribution in [3.63, 3.8) is 0 Å². The predicted molar refractivity (Wildman–Crippen MR) is 100 cm³/mol. The number of nitrogens with zero attached hydrogens (tertiary/aromatic N) is 1. The van der Waals surface area contributed by atoms with Crippen LogP contribution in [0.3, 0.4) is 0 Å². The Morgan fingerprint density at radius 2 is 1.81 bits per heavy atom. The van der Waals surface area contributed by atoms with Crippen LogP contribution >= 0.6 is 0 Å². The van der Waals surface area contributed by atoms with Gasteiger partial charge in [0.1, 0.15) is 18.2 Å². The van der Waals surface area contributed by atoms with Gasteiger partial charge < -0.3 is 9.84 Å². The van der Waals surface area contributed by atoms with Crippen molar-refractivity contribution in [2.75, 3.05) is 6.61 Å². The van der Waals surface area contributed by atoms with Gasteiger partial charge in [-0.05, 0) is 17.5 Å². The Balaban J connectivity index is 2.07. The van der Waals surface area contributed by atoms with Crippen molar-refractivity contribution < 1.29 is 19.4 Å². The number of benzene rings is 2. The Kier molecular flexibility index (Phi) is 5.58. The second-order valence-electron chi connectivity index (χ2n) is 6.44. The third-order valence-electron chi connectivity index (χ3n) is 4.80. The summed E-state index contributed by atoms with van der Waals surface area (Å²) in [5, 5.41) is 11.3. The van der Waals surface area contributed by atoms with Crippen LogP contribution in [0.25, 0.3) is 0 Å². The second kappa shape index (κ2) is 8.07. The normalized spacial score (nSPS) is 20.0. The fourth-order valence-electron chi connectivity index (χ4n) is 3.45. The predicted octanol–water partition coefficient (Wildman–Crippen LogP) is 3.40. The molecule has 2 atom stereocenters. The maximum absolute atomic E-state index is 12.9. The topological polar surface area (TPSA) is 66.8 Å². The average molecular weight is 363 g/mol. The first-order chi connectivity index (χ1) is 13.1. The van der Waals surface area contributed by atoms with Crippen LogP contribution in [-0.2, 0) is 15.1 Å². The summed E-state index contributed by atoms with van der Waals surface area (Å²) in [6, 6.07) is 18.0. The number of aliphatic hydroxyl groups is 1. The van der Waals surface area contributed by atoms with Crippen molar-refractivity contribution in [1.29, 1.82) is 0 Å². The molecule has 138 valence electrons. The quantitative estimate of drug-likeness (QED) is 0.631. The maximum atomic E-state index is 12.9. The van der Waals surface area contributed by atoms with Gasteiger partial charge in [-0.15, -0.1) is 12.3 Å². The van der Waals surface area contributed by atoms with Crippen LogP contribution in [0.1, 0.15) is 36.5 Å². The van der Waals surface area contributed by atoms with Crippen molar-refractivity contribution in [1.82, 2.24) is 4.90 Å². The van der Waals surface area contributed by atoms with E-state index in [1.165, 1.54) is 0 Å². The summed E-state index contributed by atoms with van der Waals surface area (Å²) in [5.74, 6) is 2.08. The largest absolute Gasteiger partial charge is 0.446 e. The third kappa shape index (κ3) is 3.44. The number of hydrogen-bond acceptors (Lipinski definition) is 4. The van der Waals surface area contributed by atoms with Crippen molar-refractivity contribution in [2.45, 2.75) is 30.9 Å².